The standard InChI is InChI=1S/C10H22N2O4.C4H10/c13-8-6-12(7-9-14)5-1-3-11-4-2-10(15)16;1-4(2)3/h11,13-14H,1-9H2,(H,15,16);4H,1-3H3. The molecular weight excluding hydrogens is 260 g/mol. The quantitative estimate of drug-likeness (QED) is 0.412. The number of aliphatic hydroxyl groups is 2. The van der Waals surface area contributed by atoms with E-state index in [0.29, 0.717) is 19.6 Å². The Balaban J connectivity index is 0. The summed E-state index contributed by atoms with van der Waals surface area (Å²) in [7, 11) is 0. The maximum atomic E-state index is 10.2. The van der Waals surface area contributed by atoms with Gasteiger partial charge >= 0.3 is 5.97 Å². The molecule has 0 fully saturated rings. The first-order chi connectivity index (χ1) is 9.43. The summed E-state index contributed by atoms with van der Waals surface area (Å²) in [5, 5.41) is 28.9. The second kappa shape index (κ2) is 16.4. The van der Waals surface area contributed by atoms with Crippen molar-refractivity contribution in [2.24, 2.45) is 5.92 Å². The van der Waals surface area contributed by atoms with Gasteiger partial charge in [0.25, 0.3) is 0 Å². The highest BCUT2D eigenvalue weighted by atomic mass is 16.4. The molecule has 0 atom stereocenters. The molecule has 0 aliphatic rings. The third kappa shape index (κ3) is 22.5. The lowest BCUT2D eigenvalue weighted by Gasteiger charge is -2.19. The van der Waals surface area contributed by atoms with Crippen molar-refractivity contribution in [2.75, 3.05) is 45.9 Å². The normalized spacial score (nSPS) is 10.6. The highest BCUT2D eigenvalue weighted by molar-refractivity contribution is 5.66. The monoisotopic (exact) mass is 292 g/mol. The Bertz CT molecular complexity index is 205. The summed E-state index contributed by atoms with van der Waals surface area (Å²) in [6.07, 6.45) is 1.01. The van der Waals surface area contributed by atoms with Crippen molar-refractivity contribution in [1.29, 1.82) is 0 Å². The SMILES string of the molecule is CC(C)C.O=C(O)CCNCCCN(CCO)CCO. The van der Waals surface area contributed by atoms with Crippen molar-refractivity contribution < 1.29 is 20.1 Å². The van der Waals surface area contributed by atoms with Crippen LogP contribution in [0, 0.1) is 5.92 Å². The Morgan fingerprint density at radius 1 is 1.05 bits per heavy atom. The third-order valence-corrected chi connectivity index (χ3v) is 2.18. The summed E-state index contributed by atoms with van der Waals surface area (Å²) < 4.78 is 0. The van der Waals surface area contributed by atoms with Crippen LogP contribution in [-0.4, -0.2) is 72.1 Å². The maximum Gasteiger partial charge on any atom is 0.304 e. The second-order valence-corrected chi connectivity index (χ2v) is 5.27. The molecule has 6 heteroatoms. The van der Waals surface area contributed by atoms with Crippen molar-refractivity contribution in [1.82, 2.24) is 10.2 Å². The van der Waals surface area contributed by atoms with E-state index >= 15 is 0 Å². The summed E-state index contributed by atoms with van der Waals surface area (Å²) in [5.41, 5.74) is 0. The molecule has 0 bridgehead atoms. The molecule has 4 N–H and O–H groups in total. The van der Waals surface area contributed by atoms with Crippen molar-refractivity contribution in [3.63, 3.8) is 0 Å². The minimum Gasteiger partial charge on any atom is -0.481 e. The number of rotatable bonds is 11. The molecule has 0 saturated heterocycles. The van der Waals surface area contributed by atoms with Crippen LogP contribution in [0.1, 0.15) is 33.6 Å². The average Bonchev–Trinajstić information content (AvgIpc) is 2.33. The van der Waals surface area contributed by atoms with E-state index in [0.717, 1.165) is 25.4 Å². The number of aliphatic hydroxyl groups excluding tert-OH is 2. The van der Waals surface area contributed by atoms with E-state index in [2.05, 4.69) is 26.1 Å². The zero-order valence-electron chi connectivity index (χ0n) is 13.1. The zero-order valence-corrected chi connectivity index (χ0v) is 13.1. The highest BCUT2D eigenvalue weighted by Crippen LogP contribution is 1.90. The van der Waals surface area contributed by atoms with Gasteiger partial charge in [0, 0.05) is 19.6 Å². The largest absolute Gasteiger partial charge is 0.481 e. The molecule has 0 spiro atoms. The number of nitrogens with zero attached hydrogens (tertiary/aromatic N) is 1. The number of carboxylic acid groups (broad SMARTS) is 1. The molecule has 0 rings (SSSR count). The number of carboxylic acids is 1. The minimum absolute atomic E-state index is 0.0897. The Labute approximate surface area is 122 Å². The minimum atomic E-state index is -0.797. The molecule has 0 aromatic rings. The van der Waals surface area contributed by atoms with Crippen LogP contribution in [0.2, 0.25) is 0 Å². The number of nitrogens with one attached hydrogen (secondary N) is 1. The smallest absolute Gasteiger partial charge is 0.304 e. The molecule has 0 aromatic heterocycles. The lowest BCUT2D eigenvalue weighted by Crippen LogP contribution is -2.32. The van der Waals surface area contributed by atoms with Crippen LogP contribution in [0.4, 0.5) is 0 Å². The van der Waals surface area contributed by atoms with Crippen LogP contribution in [0.15, 0.2) is 0 Å². The second-order valence-electron chi connectivity index (χ2n) is 5.27. The van der Waals surface area contributed by atoms with Gasteiger partial charge in [-0.15, -0.1) is 0 Å². The molecule has 0 aliphatic heterocycles. The predicted octanol–water partition coefficient (Wildman–Crippen LogP) is 0.390. The summed E-state index contributed by atoms with van der Waals surface area (Å²) in [5.74, 6) is 0.0367. The van der Waals surface area contributed by atoms with Crippen LogP contribution in [0.5, 0.6) is 0 Å². The number of aliphatic carboxylic acids is 1. The van der Waals surface area contributed by atoms with Gasteiger partial charge in [0.2, 0.25) is 0 Å². The molecule has 0 amide bonds. The number of hydrogen-bond acceptors (Lipinski definition) is 5. The third-order valence-electron chi connectivity index (χ3n) is 2.18. The van der Waals surface area contributed by atoms with Crippen LogP contribution < -0.4 is 5.32 Å². The number of hydrogen-bond donors (Lipinski definition) is 4. The fraction of sp³-hybridized carbons (Fsp3) is 0.929. The summed E-state index contributed by atoms with van der Waals surface area (Å²) in [6, 6.07) is 0. The highest BCUT2D eigenvalue weighted by Gasteiger charge is 2.02. The molecule has 0 radical (unpaired) electrons. The lowest BCUT2D eigenvalue weighted by molar-refractivity contribution is -0.136. The van der Waals surface area contributed by atoms with E-state index in [9.17, 15) is 4.79 Å². The van der Waals surface area contributed by atoms with E-state index in [1.54, 1.807) is 0 Å². The van der Waals surface area contributed by atoms with Gasteiger partial charge in [0.05, 0.1) is 19.6 Å². The lowest BCUT2D eigenvalue weighted by atomic mass is 10.3. The Morgan fingerprint density at radius 3 is 1.95 bits per heavy atom. The van der Waals surface area contributed by atoms with Gasteiger partial charge in [0.15, 0.2) is 0 Å². The average molecular weight is 292 g/mol. The fourth-order valence-corrected chi connectivity index (χ4v) is 1.37. The number of carbonyl (C=O) groups is 1. The first kappa shape index (κ1) is 21.6. The summed E-state index contributed by atoms with van der Waals surface area (Å²) in [6.45, 7) is 9.83. The van der Waals surface area contributed by atoms with Gasteiger partial charge in [-0.1, -0.05) is 20.8 Å². The van der Waals surface area contributed by atoms with Crippen molar-refractivity contribution in [3.05, 3.63) is 0 Å². The fourth-order valence-electron chi connectivity index (χ4n) is 1.37. The predicted molar refractivity (Wildman–Crippen MR) is 80.9 cm³/mol. The zero-order chi connectivity index (χ0) is 15.8. The first-order valence-electron chi connectivity index (χ1n) is 7.30. The van der Waals surface area contributed by atoms with Crippen LogP contribution in [0.25, 0.3) is 0 Å². The van der Waals surface area contributed by atoms with E-state index < -0.39 is 5.97 Å². The topological polar surface area (TPSA) is 93.0 Å². The molecule has 0 heterocycles. The van der Waals surface area contributed by atoms with Gasteiger partial charge < -0.3 is 20.6 Å². The molecule has 20 heavy (non-hydrogen) atoms. The van der Waals surface area contributed by atoms with Crippen molar-refractivity contribution >= 4 is 5.97 Å². The molecule has 6 nitrogen and oxygen atoms in total. The van der Waals surface area contributed by atoms with Gasteiger partial charge in [-0.25, -0.2) is 0 Å². The van der Waals surface area contributed by atoms with E-state index in [1.165, 1.54) is 0 Å². The van der Waals surface area contributed by atoms with Crippen LogP contribution in [0.3, 0.4) is 0 Å². The summed E-state index contributed by atoms with van der Waals surface area (Å²) >= 11 is 0. The molecule has 0 aliphatic carbocycles. The first-order valence-corrected chi connectivity index (χ1v) is 7.30. The molecular formula is C14H32N2O4. The molecule has 0 aromatic carbocycles. The van der Waals surface area contributed by atoms with Crippen molar-refractivity contribution in [2.45, 2.75) is 33.6 Å². The van der Waals surface area contributed by atoms with E-state index in [4.69, 9.17) is 15.3 Å². The van der Waals surface area contributed by atoms with Crippen LogP contribution in [-0.2, 0) is 4.79 Å². The van der Waals surface area contributed by atoms with Gasteiger partial charge in [-0.05, 0) is 25.4 Å². The maximum absolute atomic E-state index is 10.2. The van der Waals surface area contributed by atoms with Crippen molar-refractivity contribution in [3.8, 4) is 0 Å². The van der Waals surface area contributed by atoms with E-state index in [1.807, 2.05) is 4.90 Å². The Morgan fingerprint density at radius 2 is 1.55 bits per heavy atom. The van der Waals surface area contributed by atoms with Crippen LogP contribution >= 0.6 is 0 Å². The Kier molecular flexibility index (Phi) is 17.7. The summed E-state index contributed by atoms with van der Waals surface area (Å²) in [4.78, 5) is 12.2. The van der Waals surface area contributed by atoms with Gasteiger partial charge in [0.1, 0.15) is 0 Å². The molecule has 122 valence electrons. The van der Waals surface area contributed by atoms with Gasteiger partial charge in [-0.2, -0.15) is 0 Å². The molecule has 0 unspecified atom stereocenters. The van der Waals surface area contributed by atoms with E-state index in [-0.39, 0.29) is 19.6 Å². The molecule has 0 saturated carbocycles. The van der Waals surface area contributed by atoms with Gasteiger partial charge in [-0.3, -0.25) is 9.69 Å². The Hall–Kier alpha value is -0.690.